The number of hydrogen-bond donors (Lipinski definition) is 0. The van der Waals surface area contributed by atoms with Gasteiger partial charge in [0, 0.05) is 30.1 Å². The highest BCUT2D eigenvalue weighted by Crippen LogP contribution is 2.33. The quantitative estimate of drug-likeness (QED) is 0.662. The second kappa shape index (κ2) is 5.75. The first-order chi connectivity index (χ1) is 11.6. The van der Waals surface area contributed by atoms with Crippen LogP contribution in [0.4, 0.5) is 5.69 Å². The van der Waals surface area contributed by atoms with Crippen LogP contribution in [0.2, 0.25) is 0 Å². The van der Waals surface area contributed by atoms with Crippen molar-refractivity contribution in [2.24, 2.45) is 0 Å². The third kappa shape index (κ3) is 2.37. The van der Waals surface area contributed by atoms with Crippen molar-refractivity contribution >= 4 is 22.4 Å². The highest BCUT2D eigenvalue weighted by Gasteiger charge is 2.36. The Balaban J connectivity index is 1.68. The van der Waals surface area contributed by atoms with E-state index < -0.39 is 0 Å². The van der Waals surface area contributed by atoms with Crippen molar-refractivity contribution in [1.82, 2.24) is 0 Å². The zero-order valence-electron chi connectivity index (χ0n) is 14.0. The number of para-hydroxylation sites is 1. The molecule has 3 nitrogen and oxygen atoms in total. The Morgan fingerprint density at radius 2 is 1.79 bits per heavy atom. The summed E-state index contributed by atoms with van der Waals surface area (Å²) in [7, 11) is 0. The van der Waals surface area contributed by atoms with Gasteiger partial charge in [-0.05, 0) is 36.4 Å². The standard InChI is InChI=1S/C21H21N2O/c1-15-13-18-8-5-6-10-20(18)23(15)21(24)16(2)22-12-11-17-7-3-4-9-19(17)14-22/h3-12,14-16H,13H2,1-2H3/q+1/t15-,16-/m0/s1. The van der Waals surface area contributed by atoms with Gasteiger partial charge in [0.25, 0.3) is 5.91 Å². The molecule has 1 aliphatic rings. The Morgan fingerprint density at radius 1 is 1.08 bits per heavy atom. The van der Waals surface area contributed by atoms with Gasteiger partial charge in [-0.3, -0.25) is 4.79 Å². The largest absolute Gasteiger partial charge is 0.303 e. The number of fused-ring (bicyclic) bond motifs is 2. The molecule has 1 amide bonds. The van der Waals surface area contributed by atoms with Gasteiger partial charge in [-0.2, -0.15) is 4.57 Å². The third-order valence-electron chi connectivity index (χ3n) is 4.96. The van der Waals surface area contributed by atoms with Gasteiger partial charge in [0.05, 0.1) is 0 Å². The van der Waals surface area contributed by atoms with E-state index in [2.05, 4.69) is 43.5 Å². The second-order valence-electron chi connectivity index (χ2n) is 6.59. The van der Waals surface area contributed by atoms with Crippen molar-refractivity contribution in [3.8, 4) is 0 Å². The number of amides is 1. The lowest BCUT2D eigenvalue weighted by atomic mass is 10.1. The van der Waals surface area contributed by atoms with Gasteiger partial charge in [-0.1, -0.05) is 36.4 Å². The fourth-order valence-electron chi connectivity index (χ4n) is 3.62. The van der Waals surface area contributed by atoms with Gasteiger partial charge in [0.2, 0.25) is 6.04 Å². The van der Waals surface area contributed by atoms with Crippen molar-refractivity contribution in [3.63, 3.8) is 0 Å². The van der Waals surface area contributed by atoms with Crippen LogP contribution in [0.25, 0.3) is 10.8 Å². The van der Waals surface area contributed by atoms with Crippen molar-refractivity contribution in [3.05, 3.63) is 72.6 Å². The molecule has 3 heteroatoms. The van der Waals surface area contributed by atoms with E-state index in [0.29, 0.717) is 0 Å². The van der Waals surface area contributed by atoms with Crippen LogP contribution < -0.4 is 9.47 Å². The molecule has 2 heterocycles. The summed E-state index contributed by atoms with van der Waals surface area (Å²) in [6.45, 7) is 4.10. The number of nitrogens with zero attached hydrogens (tertiary/aromatic N) is 2. The first-order valence-electron chi connectivity index (χ1n) is 8.45. The number of anilines is 1. The highest BCUT2D eigenvalue weighted by molar-refractivity contribution is 5.97. The number of carbonyl (C=O) groups is 1. The smallest absolute Gasteiger partial charge is 0.296 e. The van der Waals surface area contributed by atoms with Crippen LogP contribution in [-0.4, -0.2) is 11.9 Å². The maximum atomic E-state index is 13.2. The van der Waals surface area contributed by atoms with Gasteiger partial charge in [0.1, 0.15) is 0 Å². The molecule has 0 N–H and O–H groups in total. The molecule has 3 aromatic rings. The zero-order chi connectivity index (χ0) is 16.7. The van der Waals surface area contributed by atoms with Gasteiger partial charge < -0.3 is 4.90 Å². The lowest BCUT2D eigenvalue weighted by Crippen LogP contribution is -2.49. The number of benzene rings is 2. The fraction of sp³-hybridized carbons (Fsp3) is 0.238. The summed E-state index contributed by atoms with van der Waals surface area (Å²) in [6.07, 6.45) is 4.99. The summed E-state index contributed by atoms with van der Waals surface area (Å²) in [5.41, 5.74) is 2.32. The molecule has 0 radical (unpaired) electrons. The Bertz CT molecular complexity index is 918. The minimum absolute atomic E-state index is 0.146. The van der Waals surface area contributed by atoms with Gasteiger partial charge in [-0.25, -0.2) is 0 Å². The van der Waals surface area contributed by atoms with Crippen LogP contribution in [0.15, 0.2) is 67.0 Å². The van der Waals surface area contributed by atoms with E-state index in [9.17, 15) is 4.79 Å². The van der Waals surface area contributed by atoms with Gasteiger partial charge >= 0.3 is 0 Å². The number of rotatable bonds is 2. The minimum atomic E-state index is -0.233. The number of carbonyl (C=O) groups excluding carboxylic acids is 1. The molecule has 0 aliphatic carbocycles. The Kier molecular flexibility index (Phi) is 3.57. The normalized spacial score (nSPS) is 17.8. The SMILES string of the molecule is C[C@H]1Cc2ccccc2N1C(=O)[C@H](C)[n+]1ccc2ccccc2c1. The maximum Gasteiger partial charge on any atom is 0.296 e. The van der Waals surface area contributed by atoms with Crippen LogP contribution in [0.5, 0.6) is 0 Å². The molecule has 2 atom stereocenters. The first kappa shape index (κ1) is 14.9. The van der Waals surface area contributed by atoms with Crippen LogP contribution >= 0.6 is 0 Å². The fourth-order valence-corrected chi connectivity index (χ4v) is 3.62. The van der Waals surface area contributed by atoms with E-state index in [0.717, 1.165) is 17.5 Å². The summed E-state index contributed by atoms with van der Waals surface area (Å²) in [4.78, 5) is 15.1. The van der Waals surface area contributed by atoms with Crippen molar-refractivity contribution in [2.75, 3.05) is 4.90 Å². The molecule has 0 saturated heterocycles. The number of aromatic nitrogens is 1. The predicted molar refractivity (Wildman–Crippen MR) is 95.9 cm³/mol. The summed E-state index contributed by atoms with van der Waals surface area (Å²) in [5.74, 6) is 0.146. The molecular formula is C21H21N2O+. The van der Waals surface area contributed by atoms with E-state index in [1.54, 1.807) is 0 Å². The molecule has 0 bridgehead atoms. The Morgan fingerprint density at radius 3 is 2.62 bits per heavy atom. The molecule has 0 unspecified atom stereocenters. The molecule has 0 fully saturated rings. The maximum absolute atomic E-state index is 13.2. The summed E-state index contributed by atoms with van der Waals surface area (Å²) in [6, 6.07) is 18.5. The van der Waals surface area contributed by atoms with Crippen LogP contribution in [0.1, 0.15) is 25.5 Å². The van der Waals surface area contributed by atoms with Crippen LogP contribution in [0, 0.1) is 0 Å². The number of hydrogen-bond acceptors (Lipinski definition) is 1. The van der Waals surface area contributed by atoms with E-state index in [4.69, 9.17) is 0 Å². The molecule has 0 spiro atoms. The lowest BCUT2D eigenvalue weighted by molar-refractivity contribution is -0.704. The molecule has 1 aromatic heterocycles. The molecule has 24 heavy (non-hydrogen) atoms. The molecule has 1 aliphatic heterocycles. The van der Waals surface area contributed by atoms with Crippen molar-refractivity contribution in [2.45, 2.75) is 32.4 Å². The molecule has 0 saturated carbocycles. The summed E-state index contributed by atoms with van der Waals surface area (Å²) in [5, 5.41) is 2.34. The average molecular weight is 317 g/mol. The first-order valence-corrected chi connectivity index (χ1v) is 8.45. The van der Waals surface area contributed by atoms with Crippen molar-refractivity contribution in [1.29, 1.82) is 0 Å². The minimum Gasteiger partial charge on any atom is -0.303 e. The summed E-state index contributed by atoms with van der Waals surface area (Å²) >= 11 is 0. The highest BCUT2D eigenvalue weighted by atomic mass is 16.2. The molecule has 2 aromatic carbocycles. The topological polar surface area (TPSA) is 24.2 Å². The van der Waals surface area contributed by atoms with E-state index in [-0.39, 0.29) is 18.0 Å². The predicted octanol–water partition coefficient (Wildman–Crippen LogP) is 3.67. The summed E-state index contributed by atoms with van der Waals surface area (Å²) < 4.78 is 2.01. The average Bonchev–Trinajstić information content (AvgIpc) is 2.95. The van der Waals surface area contributed by atoms with E-state index in [1.807, 2.05) is 46.9 Å². The Hall–Kier alpha value is -2.68. The Labute approximate surface area is 142 Å². The van der Waals surface area contributed by atoms with Crippen LogP contribution in [0.3, 0.4) is 0 Å². The molecule has 120 valence electrons. The number of pyridine rings is 1. The second-order valence-corrected chi connectivity index (χ2v) is 6.59. The van der Waals surface area contributed by atoms with Crippen LogP contribution in [-0.2, 0) is 11.2 Å². The molecular weight excluding hydrogens is 296 g/mol. The van der Waals surface area contributed by atoms with E-state index >= 15 is 0 Å². The lowest BCUT2D eigenvalue weighted by Gasteiger charge is -2.24. The molecule has 4 rings (SSSR count). The van der Waals surface area contributed by atoms with Gasteiger partial charge in [-0.15, -0.1) is 0 Å². The monoisotopic (exact) mass is 317 g/mol. The third-order valence-corrected chi connectivity index (χ3v) is 4.96. The van der Waals surface area contributed by atoms with Crippen molar-refractivity contribution < 1.29 is 9.36 Å². The van der Waals surface area contributed by atoms with E-state index in [1.165, 1.54) is 10.9 Å². The zero-order valence-corrected chi connectivity index (χ0v) is 14.0. The van der Waals surface area contributed by atoms with Gasteiger partial charge in [0.15, 0.2) is 12.4 Å².